The van der Waals surface area contributed by atoms with Crippen LogP contribution in [0, 0.1) is 17.7 Å². The lowest BCUT2D eigenvalue weighted by Crippen LogP contribution is -2.45. The Balaban J connectivity index is 1.68. The highest BCUT2D eigenvalue weighted by molar-refractivity contribution is 5.65. The molecule has 35 heavy (non-hydrogen) atoms. The van der Waals surface area contributed by atoms with Gasteiger partial charge in [-0.1, -0.05) is 55.5 Å². The number of alkyl halides is 6. The van der Waals surface area contributed by atoms with Crippen LogP contribution in [0.1, 0.15) is 36.5 Å². The number of rotatable bonds is 7. The van der Waals surface area contributed by atoms with E-state index in [1.165, 1.54) is 18.2 Å². The lowest BCUT2D eigenvalue weighted by Gasteiger charge is -2.23. The monoisotopic (exact) mass is 494 g/mol. The van der Waals surface area contributed by atoms with Crippen LogP contribution >= 0.6 is 0 Å². The summed E-state index contributed by atoms with van der Waals surface area (Å²) < 4.78 is 94.7. The minimum atomic E-state index is -5.75. The van der Waals surface area contributed by atoms with Crippen LogP contribution in [-0.2, 0) is 6.42 Å². The van der Waals surface area contributed by atoms with Gasteiger partial charge in [-0.3, -0.25) is 0 Å². The second kappa shape index (κ2) is 10.9. The van der Waals surface area contributed by atoms with Crippen LogP contribution < -0.4 is 4.74 Å². The first-order valence-electron chi connectivity index (χ1n) is 10.8. The summed E-state index contributed by atoms with van der Waals surface area (Å²) in [6, 6.07) is 16.5. The molecule has 0 N–H and O–H groups in total. The van der Waals surface area contributed by atoms with Crippen LogP contribution in [0.4, 0.5) is 30.7 Å². The molecule has 0 aliphatic rings. The lowest BCUT2D eigenvalue weighted by atomic mass is 10.0. The Kier molecular flexibility index (Phi) is 8.11. The standard InChI is InChI=1S/C27H21F7O/c1-2-3-4-19-8-12-22(24(28)17-19)11-7-18-5-9-20(10-6-18)21-13-15-23(16-14-21)35-27(33,34)25(29)26(30,31)32/h5-6,8-10,12-17,25H,2-4H2,1H3. The first-order valence-corrected chi connectivity index (χ1v) is 10.8. The van der Waals surface area contributed by atoms with Gasteiger partial charge in [-0.15, -0.1) is 0 Å². The van der Waals surface area contributed by atoms with Crippen molar-refractivity contribution < 1.29 is 35.5 Å². The third kappa shape index (κ3) is 7.01. The van der Waals surface area contributed by atoms with E-state index in [9.17, 15) is 30.7 Å². The quantitative estimate of drug-likeness (QED) is 0.238. The fraction of sp³-hybridized carbons (Fsp3) is 0.259. The maximum Gasteiger partial charge on any atom is 0.439 e. The van der Waals surface area contributed by atoms with Crippen LogP contribution in [0.2, 0.25) is 0 Å². The first-order chi connectivity index (χ1) is 16.5. The van der Waals surface area contributed by atoms with Gasteiger partial charge < -0.3 is 4.74 Å². The molecule has 0 radical (unpaired) electrons. The van der Waals surface area contributed by atoms with Crippen LogP contribution in [0.25, 0.3) is 11.1 Å². The topological polar surface area (TPSA) is 9.23 Å². The molecule has 0 saturated carbocycles. The highest BCUT2D eigenvalue weighted by atomic mass is 19.4. The molecule has 8 heteroatoms. The van der Waals surface area contributed by atoms with Gasteiger partial charge in [-0.05, 0) is 65.9 Å². The number of halogens is 7. The maximum atomic E-state index is 14.3. The van der Waals surface area contributed by atoms with Crippen LogP contribution in [0.15, 0.2) is 66.7 Å². The summed E-state index contributed by atoms with van der Waals surface area (Å²) >= 11 is 0. The molecule has 0 aliphatic heterocycles. The smallest absolute Gasteiger partial charge is 0.430 e. The first kappa shape index (κ1) is 26.1. The van der Waals surface area contributed by atoms with Gasteiger partial charge in [0.2, 0.25) is 0 Å². The minimum absolute atomic E-state index is 0.280. The molecule has 0 fully saturated rings. The van der Waals surface area contributed by atoms with E-state index in [1.807, 2.05) is 6.07 Å². The van der Waals surface area contributed by atoms with Crippen molar-refractivity contribution >= 4 is 0 Å². The van der Waals surface area contributed by atoms with Crippen LogP contribution in [0.5, 0.6) is 5.75 Å². The number of unbranched alkanes of at least 4 members (excludes halogenated alkanes) is 1. The third-order valence-electron chi connectivity index (χ3n) is 5.10. The second-order valence-corrected chi connectivity index (χ2v) is 7.84. The van der Waals surface area contributed by atoms with E-state index in [0.717, 1.165) is 37.0 Å². The number of aryl methyl sites for hydroxylation is 1. The fourth-order valence-corrected chi connectivity index (χ4v) is 3.20. The summed E-state index contributed by atoms with van der Waals surface area (Å²) in [6.07, 6.45) is -12.4. The predicted octanol–water partition coefficient (Wildman–Crippen LogP) is 8.11. The molecule has 184 valence electrons. The fourth-order valence-electron chi connectivity index (χ4n) is 3.20. The van der Waals surface area contributed by atoms with Gasteiger partial charge >= 0.3 is 12.3 Å². The molecular formula is C27H21F7O. The van der Waals surface area contributed by atoms with Crippen molar-refractivity contribution in [1.29, 1.82) is 0 Å². The van der Waals surface area contributed by atoms with E-state index in [1.54, 1.807) is 30.3 Å². The van der Waals surface area contributed by atoms with Crippen molar-refractivity contribution in [2.24, 2.45) is 0 Å². The van der Waals surface area contributed by atoms with Crippen LogP contribution in [0.3, 0.4) is 0 Å². The Hall–Kier alpha value is -3.47. The SMILES string of the molecule is CCCCc1ccc(C#Cc2ccc(-c3ccc(OC(F)(F)C(F)C(F)(F)F)cc3)cc2)c(F)c1. The lowest BCUT2D eigenvalue weighted by molar-refractivity contribution is -0.304. The predicted molar refractivity (Wildman–Crippen MR) is 119 cm³/mol. The normalized spacial score (nSPS) is 12.6. The molecule has 0 bridgehead atoms. The molecule has 3 aromatic carbocycles. The summed E-state index contributed by atoms with van der Waals surface area (Å²) in [5.74, 6) is 4.68. The number of hydrogen-bond donors (Lipinski definition) is 0. The zero-order valence-electron chi connectivity index (χ0n) is 18.6. The minimum Gasteiger partial charge on any atom is -0.430 e. The summed E-state index contributed by atoms with van der Waals surface area (Å²) in [7, 11) is 0. The van der Waals surface area contributed by atoms with Crippen molar-refractivity contribution in [1.82, 2.24) is 0 Å². The Morgan fingerprint density at radius 1 is 0.829 bits per heavy atom. The van der Waals surface area contributed by atoms with Gasteiger partial charge in [0.05, 0.1) is 5.56 Å². The summed E-state index contributed by atoms with van der Waals surface area (Å²) in [6.45, 7) is 2.07. The third-order valence-corrected chi connectivity index (χ3v) is 5.10. The van der Waals surface area contributed by atoms with E-state index >= 15 is 0 Å². The molecule has 1 unspecified atom stereocenters. The van der Waals surface area contributed by atoms with Crippen molar-refractivity contribution in [2.75, 3.05) is 0 Å². The molecule has 3 aromatic rings. The molecule has 0 saturated heterocycles. The van der Waals surface area contributed by atoms with Crippen molar-refractivity contribution in [2.45, 2.75) is 44.6 Å². The van der Waals surface area contributed by atoms with E-state index in [2.05, 4.69) is 23.5 Å². The molecule has 3 rings (SSSR count). The average Bonchev–Trinajstić information content (AvgIpc) is 2.81. The number of ether oxygens (including phenoxy) is 1. The summed E-state index contributed by atoms with van der Waals surface area (Å²) in [4.78, 5) is 0. The highest BCUT2D eigenvalue weighted by Crippen LogP contribution is 2.37. The molecule has 0 aromatic heterocycles. The van der Waals surface area contributed by atoms with Gasteiger partial charge in [-0.2, -0.15) is 22.0 Å². The molecular weight excluding hydrogens is 473 g/mol. The van der Waals surface area contributed by atoms with Crippen molar-refractivity contribution in [3.63, 3.8) is 0 Å². The number of hydrogen-bond acceptors (Lipinski definition) is 1. The van der Waals surface area contributed by atoms with Gasteiger partial charge in [0.25, 0.3) is 6.17 Å². The molecule has 0 spiro atoms. The number of benzene rings is 3. The molecule has 0 aliphatic carbocycles. The highest BCUT2D eigenvalue weighted by Gasteiger charge is 2.59. The second-order valence-electron chi connectivity index (χ2n) is 7.84. The van der Waals surface area contributed by atoms with Crippen molar-refractivity contribution in [3.8, 4) is 28.7 Å². The summed E-state index contributed by atoms with van der Waals surface area (Å²) in [5, 5.41) is 0. The van der Waals surface area contributed by atoms with Crippen molar-refractivity contribution in [3.05, 3.63) is 89.2 Å². The molecule has 1 nitrogen and oxygen atoms in total. The van der Waals surface area contributed by atoms with E-state index in [4.69, 9.17) is 0 Å². The van der Waals surface area contributed by atoms with E-state index in [0.29, 0.717) is 16.7 Å². The van der Waals surface area contributed by atoms with E-state index < -0.39 is 24.2 Å². The molecule has 0 heterocycles. The maximum absolute atomic E-state index is 14.3. The average molecular weight is 494 g/mol. The van der Waals surface area contributed by atoms with E-state index in [-0.39, 0.29) is 11.4 Å². The molecule has 1 atom stereocenters. The summed E-state index contributed by atoms with van der Waals surface area (Å²) in [5.41, 5.74) is 3.04. The van der Waals surface area contributed by atoms with Gasteiger partial charge in [0.1, 0.15) is 11.6 Å². The largest absolute Gasteiger partial charge is 0.439 e. The Labute approximate surface area is 198 Å². The molecule has 0 amide bonds. The Bertz CT molecular complexity index is 1190. The zero-order chi connectivity index (χ0) is 25.6. The van der Waals surface area contributed by atoms with Gasteiger partial charge in [0, 0.05) is 5.56 Å². The van der Waals surface area contributed by atoms with Gasteiger partial charge in [0.15, 0.2) is 0 Å². The van der Waals surface area contributed by atoms with Gasteiger partial charge in [-0.25, -0.2) is 8.78 Å². The Morgan fingerprint density at radius 3 is 1.97 bits per heavy atom. The Morgan fingerprint density at radius 2 is 1.43 bits per heavy atom. The zero-order valence-corrected chi connectivity index (χ0v) is 18.6. The van der Waals surface area contributed by atoms with Crippen LogP contribution in [-0.4, -0.2) is 18.5 Å².